The highest BCUT2D eigenvalue weighted by atomic mass is 19.4. The number of ether oxygens (including phenoxy) is 1. The minimum Gasteiger partial charge on any atom is -0.476 e. The fraction of sp³-hybridized carbons (Fsp3) is 0.684. The summed E-state index contributed by atoms with van der Waals surface area (Å²) in [6, 6.07) is 2.58. The van der Waals surface area contributed by atoms with Gasteiger partial charge >= 0.3 is 6.18 Å². The quantitative estimate of drug-likeness (QED) is 0.399. The SMILES string of the molecule is CCCCN1CCC(NC(=NC)NCCOc2ccc(C(F)(F)F)cn2)CC1. The van der Waals surface area contributed by atoms with Crippen LogP contribution in [0.3, 0.4) is 0 Å². The maximum atomic E-state index is 12.5. The molecular formula is C19H30F3N5O. The van der Waals surface area contributed by atoms with Crippen LogP contribution < -0.4 is 15.4 Å². The predicted octanol–water partition coefficient (Wildman–Crippen LogP) is 2.91. The van der Waals surface area contributed by atoms with Crippen LogP contribution >= 0.6 is 0 Å². The zero-order valence-corrected chi connectivity index (χ0v) is 16.6. The maximum absolute atomic E-state index is 12.5. The number of rotatable bonds is 8. The van der Waals surface area contributed by atoms with Crippen molar-refractivity contribution in [3.63, 3.8) is 0 Å². The molecule has 0 aliphatic carbocycles. The molecule has 1 aliphatic rings. The Morgan fingerprint density at radius 3 is 2.64 bits per heavy atom. The fourth-order valence-electron chi connectivity index (χ4n) is 3.03. The lowest BCUT2D eigenvalue weighted by Gasteiger charge is -2.33. The second kappa shape index (κ2) is 11.1. The van der Waals surface area contributed by atoms with E-state index in [9.17, 15) is 13.2 Å². The molecule has 0 bridgehead atoms. The zero-order chi connectivity index (χ0) is 20.4. The van der Waals surface area contributed by atoms with Gasteiger partial charge in [0.25, 0.3) is 0 Å². The van der Waals surface area contributed by atoms with Crippen LogP contribution in [-0.2, 0) is 6.18 Å². The Hall–Kier alpha value is -2.03. The first kappa shape index (κ1) is 22.3. The van der Waals surface area contributed by atoms with E-state index in [0.717, 1.165) is 38.2 Å². The number of aliphatic imine (C=N–C) groups is 1. The molecule has 6 nitrogen and oxygen atoms in total. The summed E-state index contributed by atoms with van der Waals surface area (Å²) in [4.78, 5) is 10.4. The van der Waals surface area contributed by atoms with Crippen molar-refractivity contribution in [1.82, 2.24) is 20.5 Å². The lowest BCUT2D eigenvalue weighted by atomic mass is 10.0. The van der Waals surface area contributed by atoms with Crippen LogP contribution in [0.5, 0.6) is 5.88 Å². The highest BCUT2D eigenvalue weighted by Crippen LogP contribution is 2.29. The van der Waals surface area contributed by atoms with Gasteiger partial charge < -0.3 is 20.3 Å². The molecular weight excluding hydrogens is 371 g/mol. The van der Waals surface area contributed by atoms with Crippen LogP contribution in [0.1, 0.15) is 38.2 Å². The molecule has 1 aliphatic heterocycles. The standard InChI is InChI=1S/C19H30F3N5O/c1-3-4-10-27-11-7-16(8-12-27)26-18(23-2)24-9-13-28-17-6-5-15(14-25-17)19(20,21)22/h5-6,14,16H,3-4,7-13H2,1-2H3,(H2,23,24,26). The molecule has 0 unspecified atom stereocenters. The van der Waals surface area contributed by atoms with Crippen LogP contribution in [0, 0.1) is 0 Å². The summed E-state index contributed by atoms with van der Waals surface area (Å²) >= 11 is 0. The van der Waals surface area contributed by atoms with Gasteiger partial charge in [0, 0.05) is 38.4 Å². The number of halogens is 3. The molecule has 1 aromatic rings. The van der Waals surface area contributed by atoms with Gasteiger partial charge in [0.15, 0.2) is 5.96 Å². The number of hydrogen-bond donors (Lipinski definition) is 2. The molecule has 0 amide bonds. The average Bonchev–Trinajstić information content (AvgIpc) is 2.69. The van der Waals surface area contributed by atoms with Gasteiger partial charge in [-0.1, -0.05) is 13.3 Å². The number of nitrogens with zero attached hydrogens (tertiary/aromatic N) is 3. The third-order valence-electron chi connectivity index (χ3n) is 4.69. The predicted molar refractivity (Wildman–Crippen MR) is 104 cm³/mol. The molecule has 9 heteroatoms. The first-order valence-corrected chi connectivity index (χ1v) is 9.78. The first-order chi connectivity index (χ1) is 13.4. The van der Waals surface area contributed by atoms with Gasteiger partial charge in [0.05, 0.1) is 12.1 Å². The van der Waals surface area contributed by atoms with Gasteiger partial charge in [-0.15, -0.1) is 0 Å². The number of hydrogen-bond acceptors (Lipinski definition) is 4. The number of pyridine rings is 1. The van der Waals surface area contributed by atoms with Crippen LogP contribution in [-0.4, -0.2) is 61.7 Å². The molecule has 0 aromatic carbocycles. The van der Waals surface area contributed by atoms with Crippen molar-refractivity contribution >= 4 is 5.96 Å². The van der Waals surface area contributed by atoms with E-state index in [0.29, 0.717) is 18.5 Å². The van der Waals surface area contributed by atoms with Crippen molar-refractivity contribution in [3.05, 3.63) is 23.9 Å². The van der Waals surface area contributed by atoms with E-state index in [4.69, 9.17) is 4.74 Å². The monoisotopic (exact) mass is 401 g/mol. The summed E-state index contributed by atoms with van der Waals surface area (Å²) in [5.74, 6) is 0.869. The summed E-state index contributed by atoms with van der Waals surface area (Å²) in [7, 11) is 1.71. The van der Waals surface area contributed by atoms with Gasteiger partial charge in [-0.2, -0.15) is 13.2 Å². The molecule has 2 heterocycles. The third kappa shape index (κ3) is 7.53. The molecule has 2 N–H and O–H groups in total. The molecule has 0 spiro atoms. The van der Waals surface area contributed by atoms with E-state index >= 15 is 0 Å². The second-order valence-electron chi connectivity index (χ2n) is 6.84. The summed E-state index contributed by atoms with van der Waals surface area (Å²) < 4.78 is 42.9. The average molecular weight is 401 g/mol. The van der Waals surface area contributed by atoms with Crippen molar-refractivity contribution < 1.29 is 17.9 Å². The molecule has 28 heavy (non-hydrogen) atoms. The van der Waals surface area contributed by atoms with Crippen molar-refractivity contribution in [2.24, 2.45) is 4.99 Å². The van der Waals surface area contributed by atoms with Gasteiger partial charge in [0.1, 0.15) is 6.61 Å². The normalized spacial score (nSPS) is 16.8. The minimum atomic E-state index is -4.39. The first-order valence-electron chi connectivity index (χ1n) is 9.78. The number of guanidine groups is 1. The lowest BCUT2D eigenvalue weighted by Crippen LogP contribution is -2.49. The number of unbranched alkanes of at least 4 members (excludes halogenated alkanes) is 1. The molecule has 1 fully saturated rings. The Labute approximate surface area is 164 Å². The summed E-state index contributed by atoms with van der Waals surface area (Å²) in [5.41, 5.74) is -0.789. The lowest BCUT2D eigenvalue weighted by molar-refractivity contribution is -0.137. The van der Waals surface area contributed by atoms with Crippen LogP contribution in [0.15, 0.2) is 23.3 Å². The molecule has 1 saturated heterocycles. The molecule has 1 aromatic heterocycles. The second-order valence-corrected chi connectivity index (χ2v) is 6.84. The minimum absolute atomic E-state index is 0.164. The van der Waals surface area contributed by atoms with Crippen molar-refractivity contribution in [2.75, 3.05) is 39.8 Å². The van der Waals surface area contributed by atoms with E-state index in [1.54, 1.807) is 7.05 Å². The van der Waals surface area contributed by atoms with E-state index in [2.05, 4.69) is 32.4 Å². The molecule has 158 valence electrons. The van der Waals surface area contributed by atoms with E-state index in [-0.39, 0.29) is 12.5 Å². The molecule has 0 saturated carbocycles. The van der Waals surface area contributed by atoms with E-state index in [1.807, 2.05) is 0 Å². The van der Waals surface area contributed by atoms with Gasteiger partial charge in [-0.05, 0) is 31.9 Å². The number of aromatic nitrogens is 1. The highest BCUT2D eigenvalue weighted by Gasteiger charge is 2.30. The molecule has 2 rings (SSSR count). The Morgan fingerprint density at radius 2 is 2.07 bits per heavy atom. The summed E-state index contributed by atoms with van der Waals surface area (Å²) in [6.07, 6.45) is 1.01. The van der Waals surface area contributed by atoms with Crippen molar-refractivity contribution in [3.8, 4) is 5.88 Å². The molecule has 0 atom stereocenters. The smallest absolute Gasteiger partial charge is 0.417 e. The fourth-order valence-corrected chi connectivity index (χ4v) is 3.03. The van der Waals surface area contributed by atoms with Crippen LogP contribution in [0.4, 0.5) is 13.2 Å². The largest absolute Gasteiger partial charge is 0.476 e. The molecule has 0 radical (unpaired) electrons. The Balaban J connectivity index is 1.65. The topological polar surface area (TPSA) is 61.8 Å². The number of nitrogens with one attached hydrogen (secondary N) is 2. The van der Waals surface area contributed by atoms with E-state index in [1.165, 1.54) is 25.5 Å². The van der Waals surface area contributed by atoms with Gasteiger partial charge in [-0.3, -0.25) is 4.99 Å². The summed E-state index contributed by atoms with van der Waals surface area (Å²) in [5, 5.41) is 6.58. The van der Waals surface area contributed by atoms with Gasteiger partial charge in [-0.25, -0.2) is 4.98 Å². The maximum Gasteiger partial charge on any atom is 0.417 e. The Bertz CT molecular complexity index is 599. The number of alkyl halides is 3. The Morgan fingerprint density at radius 1 is 1.32 bits per heavy atom. The Kier molecular flexibility index (Phi) is 8.82. The van der Waals surface area contributed by atoms with Crippen LogP contribution in [0.25, 0.3) is 0 Å². The zero-order valence-electron chi connectivity index (χ0n) is 16.6. The van der Waals surface area contributed by atoms with Crippen molar-refractivity contribution in [1.29, 1.82) is 0 Å². The van der Waals surface area contributed by atoms with E-state index < -0.39 is 11.7 Å². The van der Waals surface area contributed by atoms with Crippen LogP contribution in [0.2, 0.25) is 0 Å². The number of likely N-dealkylation sites (tertiary alicyclic amines) is 1. The highest BCUT2D eigenvalue weighted by molar-refractivity contribution is 5.79. The van der Waals surface area contributed by atoms with Gasteiger partial charge in [0.2, 0.25) is 5.88 Å². The number of piperidine rings is 1. The summed E-state index contributed by atoms with van der Waals surface area (Å²) in [6.45, 7) is 6.31. The third-order valence-corrected chi connectivity index (χ3v) is 4.69. The van der Waals surface area contributed by atoms with Crippen molar-refractivity contribution in [2.45, 2.75) is 44.8 Å².